The lowest BCUT2D eigenvalue weighted by Gasteiger charge is -2.23. The SMILES string of the molecule is CCc1ccc(C(N)C(C)S(=O)C2CCCC2)cc1. The van der Waals surface area contributed by atoms with E-state index in [-0.39, 0.29) is 11.3 Å². The number of nitrogens with two attached hydrogens (primary N) is 1. The van der Waals surface area contributed by atoms with E-state index >= 15 is 0 Å². The van der Waals surface area contributed by atoms with Crippen LogP contribution in [-0.4, -0.2) is 14.7 Å². The van der Waals surface area contributed by atoms with Gasteiger partial charge in [0.05, 0.1) is 5.25 Å². The van der Waals surface area contributed by atoms with Crippen molar-refractivity contribution >= 4 is 10.8 Å². The molecule has 3 heteroatoms. The molecule has 2 rings (SSSR count). The van der Waals surface area contributed by atoms with Gasteiger partial charge in [-0.3, -0.25) is 4.21 Å². The fourth-order valence-electron chi connectivity index (χ4n) is 2.82. The Morgan fingerprint density at radius 2 is 1.84 bits per heavy atom. The minimum Gasteiger partial charge on any atom is -0.323 e. The highest BCUT2D eigenvalue weighted by Crippen LogP contribution is 2.28. The molecule has 0 saturated heterocycles. The highest BCUT2D eigenvalue weighted by Gasteiger charge is 2.29. The molecule has 1 fully saturated rings. The second-order valence-corrected chi connectivity index (χ2v) is 7.63. The van der Waals surface area contributed by atoms with Gasteiger partial charge in [0.15, 0.2) is 0 Å². The summed E-state index contributed by atoms with van der Waals surface area (Å²) in [4.78, 5) is 0. The zero-order valence-electron chi connectivity index (χ0n) is 12.0. The van der Waals surface area contributed by atoms with E-state index in [1.807, 2.05) is 6.92 Å². The third-order valence-corrected chi connectivity index (χ3v) is 6.43. The predicted octanol–water partition coefficient (Wildman–Crippen LogP) is 3.33. The molecular formula is C16H25NOS. The van der Waals surface area contributed by atoms with Gasteiger partial charge in [-0.15, -0.1) is 0 Å². The molecule has 106 valence electrons. The van der Waals surface area contributed by atoms with Gasteiger partial charge in [-0.1, -0.05) is 44.0 Å². The Morgan fingerprint density at radius 3 is 2.37 bits per heavy atom. The Balaban J connectivity index is 2.04. The van der Waals surface area contributed by atoms with Gasteiger partial charge in [0.25, 0.3) is 0 Å². The van der Waals surface area contributed by atoms with Crippen LogP contribution in [0.3, 0.4) is 0 Å². The molecular weight excluding hydrogens is 254 g/mol. The Labute approximate surface area is 119 Å². The molecule has 1 aliphatic carbocycles. The quantitative estimate of drug-likeness (QED) is 0.898. The van der Waals surface area contributed by atoms with Gasteiger partial charge in [0, 0.05) is 22.1 Å². The van der Waals surface area contributed by atoms with Gasteiger partial charge < -0.3 is 5.73 Å². The van der Waals surface area contributed by atoms with Crippen LogP contribution in [0.4, 0.5) is 0 Å². The molecule has 1 saturated carbocycles. The van der Waals surface area contributed by atoms with E-state index in [2.05, 4.69) is 31.2 Å². The van der Waals surface area contributed by atoms with Crippen molar-refractivity contribution in [2.24, 2.45) is 5.73 Å². The lowest BCUT2D eigenvalue weighted by atomic mass is 10.0. The summed E-state index contributed by atoms with van der Waals surface area (Å²) < 4.78 is 12.5. The van der Waals surface area contributed by atoms with E-state index < -0.39 is 10.8 Å². The summed E-state index contributed by atoms with van der Waals surface area (Å²) in [7, 11) is -0.803. The van der Waals surface area contributed by atoms with Crippen molar-refractivity contribution in [2.45, 2.75) is 62.5 Å². The Bertz CT molecular complexity index is 423. The maximum Gasteiger partial charge on any atom is 0.0515 e. The first-order valence-corrected chi connectivity index (χ1v) is 8.65. The number of hydrogen-bond acceptors (Lipinski definition) is 2. The minimum atomic E-state index is -0.803. The predicted molar refractivity (Wildman–Crippen MR) is 82.6 cm³/mol. The van der Waals surface area contributed by atoms with Crippen LogP contribution in [0, 0.1) is 0 Å². The summed E-state index contributed by atoms with van der Waals surface area (Å²) >= 11 is 0. The molecule has 1 aromatic carbocycles. The first-order valence-electron chi connectivity index (χ1n) is 7.37. The second-order valence-electron chi connectivity index (χ2n) is 5.56. The van der Waals surface area contributed by atoms with Crippen molar-refractivity contribution in [1.29, 1.82) is 0 Å². The lowest BCUT2D eigenvalue weighted by Crippen LogP contribution is -2.32. The van der Waals surface area contributed by atoms with Crippen LogP contribution in [0.1, 0.15) is 56.7 Å². The molecule has 0 aromatic heterocycles. The molecule has 1 aromatic rings. The Morgan fingerprint density at radius 1 is 1.26 bits per heavy atom. The summed E-state index contributed by atoms with van der Waals surface area (Å²) in [6, 6.07) is 8.31. The van der Waals surface area contributed by atoms with Crippen LogP contribution in [0.5, 0.6) is 0 Å². The standard InChI is InChI=1S/C16H25NOS/c1-3-13-8-10-14(11-9-13)16(17)12(2)19(18)15-6-4-5-7-15/h8-12,15-16H,3-7,17H2,1-2H3. The highest BCUT2D eigenvalue weighted by atomic mass is 32.2. The second kappa shape index (κ2) is 6.67. The summed E-state index contributed by atoms with van der Waals surface area (Å²) in [5.41, 5.74) is 8.73. The average Bonchev–Trinajstić information content (AvgIpc) is 2.99. The lowest BCUT2D eigenvalue weighted by molar-refractivity contribution is 0.629. The third-order valence-electron chi connectivity index (χ3n) is 4.28. The third kappa shape index (κ3) is 3.46. The Kier molecular flexibility index (Phi) is 5.17. The minimum absolute atomic E-state index is 0.0376. The smallest absolute Gasteiger partial charge is 0.0515 e. The summed E-state index contributed by atoms with van der Waals surface area (Å²) in [6.07, 6.45) is 5.71. The topological polar surface area (TPSA) is 43.1 Å². The zero-order chi connectivity index (χ0) is 13.8. The normalized spacial score (nSPS) is 21.2. The van der Waals surface area contributed by atoms with Crippen molar-refractivity contribution in [3.63, 3.8) is 0 Å². The van der Waals surface area contributed by atoms with Gasteiger partial charge in [0.1, 0.15) is 0 Å². The fraction of sp³-hybridized carbons (Fsp3) is 0.625. The maximum atomic E-state index is 12.5. The van der Waals surface area contributed by atoms with E-state index in [0.717, 1.165) is 24.8 Å². The van der Waals surface area contributed by atoms with Gasteiger partial charge in [-0.2, -0.15) is 0 Å². The van der Waals surface area contributed by atoms with Crippen LogP contribution in [0.15, 0.2) is 24.3 Å². The van der Waals surface area contributed by atoms with Crippen molar-refractivity contribution in [3.05, 3.63) is 35.4 Å². The zero-order valence-corrected chi connectivity index (χ0v) is 12.8. The van der Waals surface area contributed by atoms with Gasteiger partial charge in [-0.05, 0) is 37.3 Å². The molecule has 0 aliphatic heterocycles. The summed E-state index contributed by atoms with van der Waals surface area (Å²) in [5, 5.41) is 0.409. The van der Waals surface area contributed by atoms with Crippen molar-refractivity contribution in [2.75, 3.05) is 0 Å². The summed E-state index contributed by atoms with van der Waals surface area (Å²) in [5.74, 6) is 0. The van der Waals surface area contributed by atoms with Crippen LogP contribution in [-0.2, 0) is 17.2 Å². The van der Waals surface area contributed by atoms with Crippen LogP contribution in [0.2, 0.25) is 0 Å². The molecule has 1 aliphatic rings. The molecule has 19 heavy (non-hydrogen) atoms. The molecule has 2 N–H and O–H groups in total. The number of benzene rings is 1. The van der Waals surface area contributed by atoms with Crippen molar-refractivity contribution in [3.8, 4) is 0 Å². The van der Waals surface area contributed by atoms with Crippen molar-refractivity contribution < 1.29 is 4.21 Å². The molecule has 2 nitrogen and oxygen atoms in total. The van der Waals surface area contributed by atoms with Gasteiger partial charge in [-0.25, -0.2) is 0 Å². The molecule has 3 atom stereocenters. The first kappa shape index (κ1) is 14.7. The number of hydrogen-bond donors (Lipinski definition) is 1. The number of rotatable bonds is 5. The molecule has 0 heterocycles. The largest absolute Gasteiger partial charge is 0.323 e. The molecule has 0 spiro atoms. The summed E-state index contributed by atoms with van der Waals surface area (Å²) in [6.45, 7) is 4.18. The van der Waals surface area contributed by atoms with E-state index in [9.17, 15) is 4.21 Å². The van der Waals surface area contributed by atoms with Crippen LogP contribution in [0.25, 0.3) is 0 Å². The fourth-order valence-corrected chi connectivity index (χ4v) is 4.67. The van der Waals surface area contributed by atoms with E-state index in [4.69, 9.17) is 5.73 Å². The van der Waals surface area contributed by atoms with E-state index in [1.165, 1.54) is 18.4 Å². The first-order chi connectivity index (χ1) is 9.13. The van der Waals surface area contributed by atoms with E-state index in [1.54, 1.807) is 0 Å². The van der Waals surface area contributed by atoms with E-state index in [0.29, 0.717) is 5.25 Å². The Hall–Kier alpha value is -0.670. The van der Waals surface area contributed by atoms with Crippen LogP contribution >= 0.6 is 0 Å². The van der Waals surface area contributed by atoms with Gasteiger partial charge >= 0.3 is 0 Å². The molecule has 3 unspecified atom stereocenters. The van der Waals surface area contributed by atoms with Gasteiger partial charge in [0.2, 0.25) is 0 Å². The monoisotopic (exact) mass is 279 g/mol. The average molecular weight is 279 g/mol. The molecule has 0 radical (unpaired) electrons. The maximum absolute atomic E-state index is 12.5. The molecule has 0 bridgehead atoms. The van der Waals surface area contributed by atoms with Crippen molar-refractivity contribution in [1.82, 2.24) is 0 Å². The molecule has 0 amide bonds. The highest BCUT2D eigenvalue weighted by molar-refractivity contribution is 7.86. The number of aryl methyl sites for hydroxylation is 1. The van der Waals surface area contributed by atoms with Crippen LogP contribution < -0.4 is 5.73 Å².